The van der Waals surface area contributed by atoms with Gasteiger partial charge < -0.3 is 30.0 Å². The molecule has 1 aliphatic rings. The second-order valence-electron chi connectivity index (χ2n) is 8.10. The quantitative estimate of drug-likeness (QED) is 0.277. The van der Waals surface area contributed by atoms with Gasteiger partial charge >= 0.3 is 11.9 Å². The number of aromatic nitrogens is 1. The number of thiocarbonyl (C=S) groups is 1. The Kier molecular flexibility index (Phi) is 5.87. The summed E-state index contributed by atoms with van der Waals surface area (Å²) in [6.45, 7) is 0. The van der Waals surface area contributed by atoms with Crippen molar-refractivity contribution in [2.75, 3.05) is 4.90 Å². The molecule has 1 saturated heterocycles. The molecule has 36 heavy (non-hydrogen) atoms. The zero-order chi connectivity index (χ0) is 25.4. The standard InChI is InChI=1S/C26H19N3O6S/c30-19-7-2-1-6-18(19)29-23(22(28-26(29)36)17-5-3-4-10-27-17)21-9-8-20(35-21)14-11-15(24(31)32)13-16(12-14)25(33)34/h1-13,22-23,30H,(H,28,36)(H,31,32)(H,33,34)/t22-,23-/m1/s1. The summed E-state index contributed by atoms with van der Waals surface area (Å²) in [6.07, 6.45) is 1.66. The van der Waals surface area contributed by atoms with E-state index < -0.39 is 24.0 Å². The number of rotatable bonds is 6. The number of phenolic OH excluding ortho intramolecular Hbond substituents is 1. The number of anilines is 1. The van der Waals surface area contributed by atoms with Crippen LogP contribution < -0.4 is 10.2 Å². The van der Waals surface area contributed by atoms with E-state index in [0.29, 0.717) is 27.8 Å². The summed E-state index contributed by atoms with van der Waals surface area (Å²) in [6, 6.07) is 18.4. The Morgan fingerprint density at radius 1 is 0.944 bits per heavy atom. The van der Waals surface area contributed by atoms with E-state index in [4.69, 9.17) is 16.6 Å². The molecule has 3 heterocycles. The highest BCUT2D eigenvalue weighted by Gasteiger charge is 2.43. The van der Waals surface area contributed by atoms with E-state index in [-0.39, 0.29) is 22.6 Å². The van der Waals surface area contributed by atoms with Crippen LogP contribution in [-0.2, 0) is 0 Å². The molecule has 9 nitrogen and oxygen atoms in total. The molecule has 180 valence electrons. The summed E-state index contributed by atoms with van der Waals surface area (Å²) < 4.78 is 6.18. The van der Waals surface area contributed by atoms with E-state index in [1.165, 1.54) is 12.1 Å². The van der Waals surface area contributed by atoms with Crippen molar-refractivity contribution in [3.05, 3.63) is 102 Å². The molecular formula is C26H19N3O6S. The monoisotopic (exact) mass is 501 g/mol. The summed E-state index contributed by atoms with van der Waals surface area (Å²) in [5.41, 5.74) is 1.12. The van der Waals surface area contributed by atoms with Gasteiger partial charge in [-0.05, 0) is 66.8 Å². The topological polar surface area (TPSA) is 136 Å². The first-order valence-electron chi connectivity index (χ1n) is 10.8. The Labute approximate surface area is 210 Å². The second kappa shape index (κ2) is 9.16. The van der Waals surface area contributed by atoms with E-state index in [1.54, 1.807) is 53.6 Å². The Bertz CT molecular complexity index is 1450. The normalized spacial score (nSPS) is 17.1. The number of carboxylic acid groups (broad SMARTS) is 2. The van der Waals surface area contributed by atoms with Crippen LogP contribution in [-0.4, -0.2) is 37.4 Å². The van der Waals surface area contributed by atoms with E-state index in [0.717, 1.165) is 6.07 Å². The highest BCUT2D eigenvalue weighted by molar-refractivity contribution is 7.80. The summed E-state index contributed by atoms with van der Waals surface area (Å²) >= 11 is 5.63. The van der Waals surface area contributed by atoms with E-state index in [2.05, 4.69) is 10.3 Å². The number of nitrogens with zero attached hydrogens (tertiary/aromatic N) is 2. The molecule has 2 aromatic heterocycles. The summed E-state index contributed by atoms with van der Waals surface area (Å²) in [5, 5.41) is 33.1. The zero-order valence-corrected chi connectivity index (χ0v) is 19.3. The number of phenols is 1. The minimum atomic E-state index is -1.25. The highest BCUT2D eigenvalue weighted by atomic mass is 32.1. The lowest BCUT2D eigenvalue weighted by Gasteiger charge is -2.26. The summed E-state index contributed by atoms with van der Waals surface area (Å²) in [5.74, 6) is -1.74. The smallest absolute Gasteiger partial charge is 0.335 e. The molecule has 0 bridgehead atoms. The molecule has 0 unspecified atom stereocenters. The molecule has 0 amide bonds. The Balaban J connectivity index is 1.63. The van der Waals surface area contributed by atoms with Crippen LogP contribution in [0.3, 0.4) is 0 Å². The third-order valence-corrected chi connectivity index (χ3v) is 6.18. The lowest BCUT2D eigenvalue weighted by Crippen LogP contribution is -2.29. The number of aromatic carboxylic acids is 2. The van der Waals surface area contributed by atoms with Crippen molar-refractivity contribution in [2.24, 2.45) is 0 Å². The van der Waals surface area contributed by atoms with Gasteiger partial charge in [-0.1, -0.05) is 18.2 Å². The Hall–Kier alpha value is -4.70. The number of hydrogen-bond acceptors (Lipinski definition) is 6. The molecule has 0 aliphatic carbocycles. The van der Waals surface area contributed by atoms with Gasteiger partial charge in [0.15, 0.2) is 5.11 Å². The van der Waals surface area contributed by atoms with Crippen LogP contribution >= 0.6 is 12.2 Å². The number of carbonyl (C=O) groups is 2. The molecule has 0 radical (unpaired) electrons. The first-order valence-corrected chi connectivity index (χ1v) is 11.2. The van der Waals surface area contributed by atoms with Crippen LogP contribution in [0, 0.1) is 0 Å². The average molecular weight is 502 g/mol. The predicted molar refractivity (Wildman–Crippen MR) is 134 cm³/mol. The van der Waals surface area contributed by atoms with Gasteiger partial charge in [-0.15, -0.1) is 0 Å². The fraction of sp³-hybridized carbons (Fsp3) is 0.0769. The van der Waals surface area contributed by atoms with Gasteiger partial charge in [0.1, 0.15) is 23.3 Å². The molecule has 10 heteroatoms. The first-order chi connectivity index (χ1) is 17.3. The van der Waals surface area contributed by atoms with Gasteiger partial charge in [-0.3, -0.25) is 4.98 Å². The second-order valence-corrected chi connectivity index (χ2v) is 8.48. The zero-order valence-electron chi connectivity index (χ0n) is 18.5. The van der Waals surface area contributed by atoms with Crippen LogP contribution in [0.5, 0.6) is 5.75 Å². The van der Waals surface area contributed by atoms with E-state index >= 15 is 0 Å². The maximum absolute atomic E-state index is 11.6. The molecule has 4 aromatic rings. The fourth-order valence-corrected chi connectivity index (χ4v) is 4.59. The van der Waals surface area contributed by atoms with Crippen molar-refractivity contribution < 1.29 is 29.3 Å². The molecular weight excluding hydrogens is 482 g/mol. The number of aromatic hydroxyl groups is 1. The van der Waals surface area contributed by atoms with Crippen LogP contribution in [0.4, 0.5) is 5.69 Å². The summed E-state index contributed by atoms with van der Waals surface area (Å²) in [7, 11) is 0. The van der Waals surface area contributed by atoms with Gasteiger partial charge in [0.05, 0.1) is 28.6 Å². The van der Waals surface area contributed by atoms with Gasteiger partial charge in [0, 0.05) is 11.8 Å². The molecule has 5 rings (SSSR count). The number of carboxylic acids is 2. The maximum Gasteiger partial charge on any atom is 0.335 e. The number of para-hydroxylation sites is 2. The number of pyridine rings is 1. The minimum Gasteiger partial charge on any atom is -0.506 e. The predicted octanol–water partition coefficient (Wildman–Crippen LogP) is 4.62. The number of benzene rings is 2. The first kappa shape index (κ1) is 23.1. The Morgan fingerprint density at radius 2 is 1.64 bits per heavy atom. The summed E-state index contributed by atoms with van der Waals surface area (Å²) in [4.78, 5) is 29.3. The minimum absolute atomic E-state index is 0.0281. The van der Waals surface area contributed by atoms with Crippen molar-refractivity contribution in [3.8, 4) is 17.1 Å². The molecule has 2 atom stereocenters. The van der Waals surface area contributed by atoms with Gasteiger partial charge in [-0.2, -0.15) is 0 Å². The molecule has 1 aliphatic heterocycles. The lowest BCUT2D eigenvalue weighted by molar-refractivity contribution is 0.0696. The van der Waals surface area contributed by atoms with Gasteiger partial charge in [-0.25, -0.2) is 9.59 Å². The van der Waals surface area contributed by atoms with Crippen LogP contribution in [0.15, 0.2) is 83.4 Å². The number of hydrogen-bond donors (Lipinski definition) is 4. The van der Waals surface area contributed by atoms with Gasteiger partial charge in [0.2, 0.25) is 0 Å². The molecule has 0 saturated carbocycles. The van der Waals surface area contributed by atoms with Crippen molar-refractivity contribution in [1.82, 2.24) is 10.3 Å². The van der Waals surface area contributed by atoms with E-state index in [9.17, 15) is 24.9 Å². The largest absolute Gasteiger partial charge is 0.506 e. The SMILES string of the molecule is O=C(O)c1cc(C(=O)O)cc(-c2ccc([C@@H]3[C@@H](c4ccccn4)NC(=S)N3c3ccccc3O)o2)c1. The van der Waals surface area contributed by atoms with E-state index in [1.807, 2.05) is 12.1 Å². The van der Waals surface area contributed by atoms with Crippen molar-refractivity contribution in [2.45, 2.75) is 12.1 Å². The highest BCUT2D eigenvalue weighted by Crippen LogP contribution is 2.45. The van der Waals surface area contributed by atoms with Crippen LogP contribution in [0.2, 0.25) is 0 Å². The third-order valence-electron chi connectivity index (χ3n) is 5.87. The average Bonchev–Trinajstić information content (AvgIpc) is 3.49. The number of furan rings is 1. The van der Waals surface area contributed by atoms with Crippen LogP contribution in [0.25, 0.3) is 11.3 Å². The molecule has 1 fully saturated rings. The fourth-order valence-electron chi connectivity index (χ4n) is 4.25. The molecule has 4 N–H and O–H groups in total. The van der Waals surface area contributed by atoms with Gasteiger partial charge in [0.25, 0.3) is 0 Å². The molecule has 2 aromatic carbocycles. The lowest BCUT2D eigenvalue weighted by atomic mass is 10.0. The molecule has 0 spiro atoms. The van der Waals surface area contributed by atoms with Crippen molar-refractivity contribution in [1.29, 1.82) is 0 Å². The maximum atomic E-state index is 11.6. The van der Waals surface area contributed by atoms with Crippen molar-refractivity contribution >= 4 is 35.0 Å². The van der Waals surface area contributed by atoms with Crippen molar-refractivity contribution in [3.63, 3.8) is 0 Å². The van der Waals surface area contributed by atoms with Crippen LogP contribution in [0.1, 0.15) is 44.3 Å². The number of nitrogens with one attached hydrogen (secondary N) is 1. The Morgan fingerprint density at radius 3 is 2.28 bits per heavy atom. The third kappa shape index (κ3) is 4.14.